The summed E-state index contributed by atoms with van der Waals surface area (Å²) >= 11 is 3.33. The number of amides is 1. The highest BCUT2D eigenvalue weighted by Gasteiger charge is 2.19. The van der Waals surface area contributed by atoms with Gasteiger partial charge in [0.25, 0.3) is 0 Å². The molecule has 7 heteroatoms. The molecule has 30 heavy (non-hydrogen) atoms. The molecule has 0 aliphatic rings. The first-order chi connectivity index (χ1) is 14.6. The zero-order valence-electron chi connectivity index (χ0n) is 17.0. The third kappa shape index (κ3) is 4.91. The quantitative estimate of drug-likeness (QED) is 0.401. The summed E-state index contributed by atoms with van der Waals surface area (Å²) in [5, 5.41) is 6.06. The Morgan fingerprint density at radius 3 is 2.73 bits per heavy atom. The highest BCUT2D eigenvalue weighted by atomic mass is 32.2. The monoisotopic (exact) mass is 436 g/mol. The van der Waals surface area contributed by atoms with Crippen LogP contribution in [-0.4, -0.2) is 32.9 Å². The van der Waals surface area contributed by atoms with Gasteiger partial charge in [-0.25, -0.2) is 9.97 Å². The molecule has 0 fully saturated rings. The van der Waals surface area contributed by atoms with Gasteiger partial charge in [0.1, 0.15) is 10.8 Å². The summed E-state index contributed by atoms with van der Waals surface area (Å²) in [4.78, 5) is 25.5. The molecule has 2 heterocycles. The molecule has 0 aliphatic carbocycles. The molecule has 0 spiro atoms. The molecule has 2 aromatic heterocycles. The molecule has 1 unspecified atom stereocenters. The molecular weight excluding hydrogens is 412 g/mol. The molecule has 4 rings (SSSR count). The number of aromatic nitrogens is 3. The zero-order valence-corrected chi connectivity index (χ0v) is 18.6. The molecule has 0 bridgehead atoms. The second kappa shape index (κ2) is 9.45. The number of fused-ring (bicyclic) bond motifs is 1. The lowest BCUT2D eigenvalue weighted by Crippen LogP contribution is -2.31. The highest BCUT2D eigenvalue weighted by molar-refractivity contribution is 7.98. The molecule has 154 valence electrons. The van der Waals surface area contributed by atoms with E-state index in [1.165, 1.54) is 5.56 Å². The summed E-state index contributed by atoms with van der Waals surface area (Å²) in [6, 6.07) is 16.1. The predicted octanol–water partition coefficient (Wildman–Crippen LogP) is 5.15. The third-order valence-corrected chi connectivity index (χ3v) is 6.46. The minimum atomic E-state index is -0.146. The van der Waals surface area contributed by atoms with Crippen LogP contribution in [0.15, 0.2) is 53.9 Å². The number of H-pyrrole nitrogens is 1. The number of nitrogens with zero attached hydrogens (tertiary/aromatic N) is 2. The number of hydrogen-bond donors (Lipinski definition) is 2. The Bertz CT molecular complexity index is 1100. The molecular formula is C23H24N4OS2. The molecule has 2 aromatic carbocycles. The van der Waals surface area contributed by atoms with Gasteiger partial charge in [-0.05, 0) is 37.5 Å². The van der Waals surface area contributed by atoms with E-state index in [4.69, 9.17) is 0 Å². The van der Waals surface area contributed by atoms with Crippen LogP contribution >= 0.6 is 23.1 Å². The number of carbonyl (C=O) groups is 1. The Balaban J connectivity index is 1.45. The fourth-order valence-electron chi connectivity index (χ4n) is 3.28. The Kier molecular flexibility index (Phi) is 6.50. The van der Waals surface area contributed by atoms with E-state index in [1.807, 2.05) is 29.6 Å². The number of aryl methyl sites for hydroxylation is 1. The van der Waals surface area contributed by atoms with Gasteiger partial charge in [-0.1, -0.05) is 42.0 Å². The summed E-state index contributed by atoms with van der Waals surface area (Å²) in [5.74, 6) is 1.70. The van der Waals surface area contributed by atoms with Crippen LogP contribution in [0.25, 0.3) is 21.6 Å². The van der Waals surface area contributed by atoms with Crippen LogP contribution < -0.4 is 5.32 Å². The van der Waals surface area contributed by atoms with Gasteiger partial charge in [-0.3, -0.25) is 4.79 Å². The van der Waals surface area contributed by atoms with Gasteiger partial charge in [-0.2, -0.15) is 11.8 Å². The van der Waals surface area contributed by atoms with Gasteiger partial charge in [0, 0.05) is 10.9 Å². The topological polar surface area (TPSA) is 70.7 Å². The lowest BCUT2D eigenvalue weighted by Gasteiger charge is -2.16. The molecule has 5 nitrogen and oxygen atoms in total. The van der Waals surface area contributed by atoms with Crippen LogP contribution in [-0.2, 0) is 11.2 Å². The Labute approximate surface area is 184 Å². The summed E-state index contributed by atoms with van der Waals surface area (Å²) < 4.78 is 0. The zero-order chi connectivity index (χ0) is 20.9. The van der Waals surface area contributed by atoms with Crippen LogP contribution in [0.1, 0.15) is 29.5 Å². The van der Waals surface area contributed by atoms with Crippen LogP contribution in [0.4, 0.5) is 0 Å². The molecule has 4 aromatic rings. The molecule has 0 saturated heterocycles. The Hall–Kier alpha value is -2.64. The van der Waals surface area contributed by atoms with Crippen molar-refractivity contribution in [3.8, 4) is 10.6 Å². The summed E-state index contributed by atoms with van der Waals surface area (Å²) in [7, 11) is 0. The summed E-state index contributed by atoms with van der Waals surface area (Å²) in [6.07, 6.45) is 3.15. The Morgan fingerprint density at radius 2 is 1.97 bits per heavy atom. The van der Waals surface area contributed by atoms with Crippen LogP contribution in [0.2, 0.25) is 0 Å². The van der Waals surface area contributed by atoms with Crippen molar-refractivity contribution in [2.75, 3.05) is 12.0 Å². The summed E-state index contributed by atoms with van der Waals surface area (Å²) in [5.41, 5.74) is 4.99. The van der Waals surface area contributed by atoms with Crippen LogP contribution in [0, 0.1) is 6.92 Å². The van der Waals surface area contributed by atoms with Crippen molar-refractivity contribution >= 4 is 40.0 Å². The van der Waals surface area contributed by atoms with Gasteiger partial charge in [-0.15, -0.1) is 11.3 Å². The average Bonchev–Trinajstić information content (AvgIpc) is 3.38. The second-order valence-corrected chi connectivity index (χ2v) is 9.07. The molecule has 0 aliphatic heterocycles. The van der Waals surface area contributed by atoms with Gasteiger partial charge in [0.05, 0.1) is 29.2 Å². The number of benzene rings is 2. The van der Waals surface area contributed by atoms with Crippen molar-refractivity contribution < 1.29 is 4.79 Å². The van der Waals surface area contributed by atoms with E-state index in [0.29, 0.717) is 0 Å². The number of carbonyl (C=O) groups excluding carboxylic acids is 1. The number of thiazole rings is 1. The number of rotatable bonds is 8. The second-order valence-electron chi connectivity index (χ2n) is 7.23. The van der Waals surface area contributed by atoms with Crippen molar-refractivity contribution in [2.24, 2.45) is 0 Å². The summed E-state index contributed by atoms with van der Waals surface area (Å²) in [6.45, 7) is 2.07. The molecule has 1 atom stereocenters. The lowest BCUT2D eigenvalue weighted by atomic mass is 10.1. The van der Waals surface area contributed by atoms with Crippen molar-refractivity contribution in [3.05, 3.63) is 71.0 Å². The van der Waals surface area contributed by atoms with E-state index in [1.54, 1.807) is 23.1 Å². The third-order valence-electron chi connectivity index (χ3n) is 4.88. The smallest absolute Gasteiger partial charge is 0.226 e. The fourth-order valence-corrected chi connectivity index (χ4v) is 4.57. The number of nitrogens with one attached hydrogen (secondary N) is 2. The number of aromatic amines is 1. The van der Waals surface area contributed by atoms with Gasteiger partial charge in [0.15, 0.2) is 0 Å². The van der Waals surface area contributed by atoms with E-state index in [-0.39, 0.29) is 18.4 Å². The SMILES string of the molecule is CSCCC(NC(=O)Cc1csc(-c2ccc(C)cc2)n1)c1nc2ccccc2[nH]1. The first kappa shape index (κ1) is 20.6. The van der Waals surface area contributed by atoms with E-state index in [2.05, 4.69) is 57.7 Å². The standard InChI is InChI=1S/C23H24N4OS2/c1-15-7-9-16(10-8-15)23-24-17(14-30-23)13-21(28)25-20(11-12-29-2)22-26-18-5-3-4-6-19(18)27-22/h3-10,14,20H,11-13H2,1-2H3,(H,25,28)(H,26,27). The largest absolute Gasteiger partial charge is 0.346 e. The molecule has 1 amide bonds. The predicted molar refractivity (Wildman–Crippen MR) is 126 cm³/mol. The normalized spacial score (nSPS) is 12.2. The minimum absolute atomic E-state index is 0.0395. The molecule has 0 saturated carbocycles. The molecule has 2 N–H and O–H groups in total. The average molecular weight is 437 g/mol. The van der Waals surface area contributed by atoms with Gasteiger partial charge >= 0.3 is 0 Å². The minimum Gasteiger partial charge on any atom is -0.346 e. The van der Waals surface area contributed by atoms with Crippen molar-refractivity contribution in [1.82, 2.24) is 20.3 Å². The van der Waals surface area contributed by atoms with Gasteiger partial charge < -0.3 is 10.3 Å². The maximum absolute atomic E-state index is 12.8. The van der Waals surface area contributed by atoms with E-state index < -0.39 is 0 Å². The highest BCUT2D eigenvalue weighted by Crippen LogP contribution is 2.25. The van der Waals surface area contributed by atoms with Crippen molar-refractivity contribution in [2.45, 2.75) is 25.8 Å². The fraction of sp³-hybridized carbons (Fsp3) is 0.261. The van der Waals surface area contributed by atoms with E-state index in [9.17, 15) is 4.79 Å². The Morgan fingerprint density at radius 1 is 1.17 bits per heavy atom. The maximum atomic E-state index is 12.8. The molecule has 0 radical (unpaired) electrons. The van der Waals surface area contributed by atoms with Crippen LogP contribution in [0.5, 0.6) is 0 Å². The number of para-hydroxylation sites is 2. The van der Waals surface area contributed by atoms with Gasteiger partial charge in [0.2, 0.25) is 5.91 Å². The number of thioether (sulfide) groups is 1. The van der Waals surface area contributed by atoms with Crippen LogP contribution in [0.3, 0.4) is 0 Å². The number of hydrogen-bond acceptors (Lipinski definition) is 5. The first-order valence-corrected chi connectivity index (χ1v) is 12.1. The lowest BCUT2D eigenvalue weighted by molar-refractivity contribution is -0.121. The number of imidazole rings is 1. The maximum Gasteiger partial charge on any atom is 0.226 e. The first-order valence-electron chi connectivity index (χ1n) is 9.87. The van der Waals surface area contributed by atoms with E-state index in [0.717, 1.165) is 45.3 Å². The van der Waals surface area contributed by atoms with E-state index >= 15 is 0 Å². The van der Waals surface area contributed by atoms with Crippen molar-refractivity contribution in [3.63, 3.8) is 0 Å². The van der Waals surface area contributed by atoms with Crippen molar-refractivity contribution in [1.29, 1.82) is 0 Å².